The summed E-state index contributed by atoms with van der Waals surface area (Å²) in [4.78, 5) is 7.88. The molecular weight excluding hydrogens is 210 g/mol. The molecule has 0 unspecified atom stereocenters. The number of H-pyrrole nitrogens is 1. The van der Waals surface area contributed by atoms with Gasteiger partial charge in [0, 0.05) is 11.3 Å². The minimum Gasteiger partial charge on any atom is -0.399 e. The van der Waals surface area contributed by atoms with Crippen LogP contribution in [0.2, 0.25) is 0 Å². The first-order chi connectivity index (χ1) is 8.22. The van der Waals surface area contributed by atoms with Crippen LogP contribution in [0.4, 0.5) is 5.69 Å². The third-order valence-corrected chi connectivity index (χ3v) is 2.82. The van der Waals surface area contributed by atoms with Crippen LogP contribution in [0.5, 0.6) is 0 Å². The summed E-state index contributed by atoms with van der Waals surface area (Å²) in [5.74, 6) is 0.880. The van der Waals surface area contributed by atoms with E-state index in [-0.39, 0.29) is 0 Å². The normalized spacial score (nSPS) is 10.9. The Kier molecular flexibility index (Phi) is 2.11. The van der Waals surface area contributed by atoms with E-state index in [1.807, 2.05) is 30.3 Å². The molecule has 0 saturated carbocycles. The second-order valence-electron chi connectivity index (χ2n) is 4.23. The van der Waals surface area contributed by atoms with Gasteiger partial charge in [0.1, 0.15) is 5.82 Å². The van der Waals surface area contributed by atoms with E-state index < -0.39 is 0 Å². The molecule has 0 aliphatic carbocycles. The molecule has 3 aromatic rings. The first-order valence-corrected chi connectivity index (χ1v) is 5.55. The van der Waals surface area contributed by atoms with Gasteiger partial charge in [0.2, 0.25) is 0 Å². The van der Waals surface area contributed by atoms with Crippen LogP contribution < -0.4 is 5.73 Å². The number of nitrogens with zero attached hydrogens (tertiary/aromatic N) is 1. The van der Waals surface area contributed by atoms with Crippen molar-refractivity contribution in [2.75, 3.05) is 5.73 Å². The molecular formula is C14H13N3. The molecule has 3 N–H and O–H groups in total. The quantitative estimate of drug-likeness (QED) is 0.623. The second kappa shape index (κ2) is 3.63. The van der Waals surface area contributed by atoms with Crippen molar-refractivity contribution in [2.45, 2.75) is 6.92 Å². The molecule has 3 rings (SSSR count). The summed E-state index contributed by atoms with van der Waals surface area (Å²) in [5, 5.41) is 0. The summed E-state index contributed by atoms with van der Waals surface area (Å²) in [5.41, 5.74) is 10.8. The molecule has 1 aromatic heterocycles. The summed E-state index contributed by atoms with van der Waals surface area (Å²) < 4.78 is 0. The predicted molar refractivity (Wildman–Crippen MR) is 70.7 cm³/mol. The van der Waals surface area contributed by atoms with Crippen molar-refractivity contribution in [3.8, 4) is 11.4 Å². The molecule has 0 fully saturated rings. The highest BCUT2D eigenvalue weighted by atomic mass is 14.9. The lowest BCUT2D eigenvalue weighted by Gasteiger charge is -1.96. The number of aromatic nitrogens is 2. The highest BCUT2D eigenvalue weighted by Gasteiger charge is 2.04. The maximum Gasteiger partial charge on any atom is 0.138 e. The van der Waals surface area contributed by atoms with E-state index >= 15 is 0 Å². The molecule has 0 aliphatic heterocycles. The number of nitrogens with two attached hydrogens (primary N) is 1. The molecule has 0 spiro atoms. The van der Waals surface area contributed by atoms with Gasteiger partial charge >= 0.3 is 0 Å². The average Bonchev–Trinajstić information content (AvgIpc) is 2.72. The minimum absolute atomic E-state index is 0.765. The molecule has 0 amide bonds. The molecule has 0 aliphatic rings. The van der Waals surface area contributed by atoms with Crippen LogP contribution in [0.25, 0.3) is 22.4 Å². The summed E-state index contributed by atoms with van der Waals surface area (Å²) in [6, 6.07) is 13.9. The van der Waals surface area contributed by atoms with E-state index in [0.717, 1.165) is 28.1 Å². The number of hydrogen-bond acceptors (Lipinski definition) is 2. The number of fused-ring (bicyclic) bond motifs is 1. The van der Waals surface area contributed by atoms with Gasteiger partial charge in [0.25, 0.3) is 0 Å². The van der Waals surface area contributed by atoms with Crippen LogP contribution in [0.1, 0.15) is 5.56 Å². The number of imidazole rings is 1. The topological polar surface area (TPSA) is 54.7 Å². The summed E-state index contributed by atoms with van der Waals surface area (Å²) in [7, 11) is 0. The monoisotopic (exact) mass is 223 g/mol. The van der Waals surface area contributed by atoms with Gasteiger partial charge in [-0.05, 0) is 48.9 Å². The fourth-order valence-electron chi connectivity index (χ4n) is 1.90. The lowest BCUT2D eigenvalue weighted by Crippen LogP contribution is -1.84. The first kappa shape index (κ1) is 9.90. The molecule has 84 valence electrons. The fraction of sp³-hybridized carbons (Fsp3) is 0.0714. The maximum absolute atomic E-state index is 5.67. The molecule has 0 atom stereocenters. The summed E-state index contributed by atoms with van der Waals surface area (Å²) >= 11 is 0. The Hall–Kier alpha value is -2.29. The predicted octanol–water partition coefficient (Wildman–Crippen LogP) is 3.12. The number of nitrogens with one attached hydrogen (secondary N) is 1. The van der Waals surface area contributed by atoms with E-state index in [4.69, 9.17) is 5.73 Å². The van der Waals surface area contributed by atoms with E-state index in [2.05, 4.69) is 29.0 Å². The van der Waals surface area contributed by atoms with Crippen molar-refractivity contribution in [3.05, 3.63) is 48.0 Å². The third-order valence-electron chi connectivity index (χ3n) is 2.82. The van der Waals surface area contributed by atoms with Crippen LogP contribution in [0, 0.1) is 6.92 Å². The standard InChI is InChI=1S/C14H13N3/c1-9-2-7-12-13(8-9)17-14(16-12)10-3-5-11(15)6-4-10/h2-8H,15H2,1H3,(H,16,17). The third kappa shape index (κ3) is 1.76. The van der Waals surface area contributed by atoms with E-state index in [9.17, 15) is 0 Å². The number of nitrogen functional groups attached to an aromatic ring is 1. The zero-order valence-electron chi connectivity index (χ0n) is 9.57. The van der Waals surface area contributed by atoms with Gasteiger partial charge in [-0.15, -0.1) is 0 Å². The Labute approximate surface area is 99.3 Å². The summed E-state index contributed by atoms with van der Waals surface area (Å²) in [6.07, 6.45) is 0. The van der Waals surface area contributed by atoms with Gasteiger partial charge in [-0.2, -0.15) is 0 Å². The molecule has 2 aromatic carbocycles. The van der Waals surface area contributed by atoms with Crippen molar-refractivity contribution in [2.24, 2.45) is 0 Å². The number of anilines is 1. The molecule has 17 heavy (non-hydrogen) atoms. The zero-order chi connectivity index (χ0) is 11.8. The van der Waals surface area contributed by atoms with Crippen molar-refractivity contribution in [3.63, 3.8) is 0 Å². The largest absolute Gasteiger partial charge is 0.399 e. The fourth-order valence-corrected chi connectivity index (χ4v) is 1.90. The Morgan fingerprint density at radius 3 is 2.59 bits per heavy atom. The number of benzene rings is 2. The van der Waals surface area contributed by atoms with E-state index in [1.54, 1.807) is 0 Å². The van der Waals surface area contributed by atoms with Gasteiger partial charge in [0.05, 0.1) is 11.0 Å². The van der Waals surface area contributed by atoms with Gasteiger partial charge in [-0.3, -0.25) is 0 Å². The van der Waals surface area contributed by atoms with Gasteiger partial charge in [-0.25, -0.2) is 4.98 Å². The maximum atomic E-state index is 5.67. The smallest absolute Gasteiger partial charge is 0.138 e. The Morgan fingerprint density at radius 2 is 1.82 bits per heavy atom. The van der Waals surface area contributed by atoms with E-state index in [1.165, 1.54) is 5.56 Å². The Morgan fingerprint density at radius 1 is 1.06 bits per heavy atom. The second-order valence-corrected chi connectivity index (χ2v) is 4.23. The number of rotatable bonds is 1. The number of aromatic amines is 1. The van der Waals surface area contributed by atoms with Crippen molar-refractivity contribution < 1.29 is 0 Å². The van der Waals surface area contributed by atoms with Crippen LogP contribution in [-0.2, 0) is 0 Å². The van der Waals surface area contributed by atoms with Gasteiger partial charge < -0.3 is 10.7 Å². The Bertz CT molecular complexity index is 666. The lowest BCUT2D eigenvalue weighted by molar-refractivity contribution is 1.34. The minimum atomic E-state index is 0.765. The average molecular weight is 223 g/mol. The molecule has 0 radical (unpaired) electrons. The molecule has 0 saturated heterocycles. The summed E-state index contributed by atoms with van der Waals surface area (Å²) in [6.45, 7) is 2.07. The molecule has 0 bridgehead atoms. The number of aryl methyl sites for hydroxylation is 1. The van der Waals surface area contributed by atoms with Crippen LogP contribution >= 0.6 is 0 Å². The molecule has 3 heteroatoms. The highest BCUT2D eigenvalue weighted by molar-refractivity contribution is 5.80. The Balaban J connectivity index is 2.14. The van der Waals surface area contributed by atoms with Gasteiger partial charge in [-0.1, -0.05) is 6.07 Å². The van der Waals surface area contributed by atoms with Gasteiger partial charge in [0.15, 0.2) is 0 Å². The van der Waals surface area contributed by atoms with Crippen molar-refractivity contribution >= 4 is 16.7 Å². The first-order valence-electron chi connectivity index (χ1n) is 5.55. The molecule has 1 heterocycles. The highest BCUT2D eigenvalue weighted by Crippen LogP contribution is 2.21. The van der Waals surface area contributed by atoms with E-state index in [0.29, 0.717) is 0 Å². The van der Waals surface area contributed by atoms with Crippen LogP contribution in [0.15, 0.2) is 42.5 Å². The SMILES string of the molecule is Cc1ccc2nc(-c3ccc(N)cc3)[nH]c2c1. The van der Waals surface area contributed by atoms with Crippen molar-refractivity contribution in [1.29, 1.82) is 0 Å². The zero-order valence-corrected chi connectivity index (χ0v) is 9.57. The van der Waals surface area contributed by atoms with Crippen LogP contribution in [0.3, 0.4) is 0 Å². The van der Waals surface area contributed by atoms with Crippen molar-refractivity contribution in [1.82, 2.24) is 9.97 Å². The number of hydrogen-bond donors (Lipinski definition) is 2. The lowest BCUT2D eigenvalue weighted by atomic mass is 10.2. The molecule has 3 nitrogen and oxygen atoms in total. The van der Waals surface area contributed by atoms with Crippen LogP contribution in [-0.4, -0.2) is 9.97 Å².